The van der Waals surface area contributed by atoms with Crippen molar-refractivity contribution in [1.82, 2.24) is 9.97 Å². The number of rotatable bonds is 2. The van der Waals surface area contributed by atoms with Crippen LogP contribution < -0.4 is 10.5 Å². The Bertz CT molecular complexity index is 342. The fourth-order valence-corrected chi connectivity index (χ4v) is 1.13. The molecule has 0 unspecified atom stereocenters. The van der Waals surface area contributed by atoms with Crippen LogP contribution in [-0.2, 0) is 5.41 Å². The zero-order chi connectivity index (χ0) is 11.6. The third-order valence-corrected chi connectivity index (χ3v) is 1.84. The van der Waals surface area contributed by atoms with Gasteiger partial charge in [-0.2, -0.15) is 4.98 Å². The van der Waals surface area contributed by atoms with Crippen LogP contribution in [0.3, 0.4) is 0 Å². The monoisotopic (exact) mass is 209 g/mol. The van der Waals surface area contributed by atoms with E-state index in [1.807, 2.05) is 19.9 Å². The number of ether oxygens (including phenoxy) is 1. The van der Waals surface area contributed by atoms with Gasteiger partial charge in [-0.1, -0.05) is 20.8 Å². The second-order valence-electron chi connectivity index (χ2n) is 4.87. The summed E-state index contributed by atoms with van der Waals surface area (Å²) in [6, 6.07) is 1.84. The number of hydrogen-bond acceptors (Lipinski definition) is 4. The van der Waals surface area contributed by atoms with Crippen molar-refractivity contribution >= 4 is 5.95 Å². The van der Waals surface area contributed by atoms with Crippen LogP contribution in [0.5, 0.6) is 5.88 Å². The third-order valence-electron chi connectivity index (χ3n) is 1.84. The van der Waals surface area contributed by atoms with Crippen LogP contribution in [0.25, 0.3) is 0 Å². The lowest BCUT2D eigenvalue weighted by molar-refractivity contribution is 0.232. The largest absolute Gasteiger partial charge is 0.475 e. The molecule has 0 saturated carbocycles. The lowest BCUT2D eigenvalue weighted by atomic mass is 9.92. The maximum atomic E-state index is 5.63. The zero-order valence-electron chi connectivity index (χ0n) is 10.0. The van der Waals surface area contributed by atoms with Crippen molar-refractivity contribution < 1.29 is 4.74 Å². The fraction of sp³-hybridized carbons (Fsp3) is 0.636. The summed E-state index contributed by atoms with van der Waals surface area (Å²) in [4.78, 5) is 8.23. The van der Waals surface area contributed by atoms with E-state index in [1.54, 1.807) is 0 Å². The van der Waals surface area contributed by atoms with Crippen LogP contribution in [0.4, 0.5) is 5.95 Å². The van der Waals surface area contributed by atoms with E-state index >= 15 is 0 Å². The van der Waals surface area contributed by atoms with Gasteiger partial charge in [-0.05, 0) is 13.8 Å². The molecule has 0 spiro atoms. The minimum atomic E-state index is -0.0495. The normalized spacial score (nSPS) is 11.9. The van der Waals surface area contributed by atoms with Gasteiger partial charge in [-0.3, -0.25) is 0 Å². The number of nitrogens with zero attached hydrogens (tertiary/aromatic N) is 2. The van der Waals surface area contributed by atoms with Gasteiger partial charge in [0.1, 0.15) is 0 Å². The van der Waals surface area contributed by atoms with Crippen molar-refractivity contribution in [3.63, 3.8) is 0 Å². The zero-order valence-corrected chi connectivity index (χ0v) is 10.0. The predicted molar refractivity (Wildman–Crippen MR) is 60.9 cm³/mol. The standard InChI is InChI=1S/C11H19N3O/c1-7(2)15-9-6-8(11(3,4)5)13-10(12)14-9/h6-7H,1-5H3,(H2,12,13,14). The number of aromatic nitrogens is 2. The molecule has 0 aromatic carbocycles. The number of nitrogens with two attached hydrogens (primary N) is 1. The maximum Gasteiger partial charge on any atom is 0.223 e. The highest BCUT2D eigenvalue weighted by Gasteiger charge is 2.18. The average molecular weight is 209 g/mol. The van der Waals surface area contributed by atoms with Crippen LogP contribution in [0.2, 0.25) is 0 Å². The first-order valence-corrected chi connectivity index (χ1v) is 5.10. The minimum Gasteiger partial charge on any atom is -0.475 e. The lowest BCUT2D eigenvalue weighted by Gasteiger charge is -2.19. The van der Waals surface area contributed by atoms with E-state index < -0.39 is 0 Å². The van der Waals surface area contributed by atoms with Crippen molar-refractivity contribution in [2.75, 3.05) is 5.73 Å². The summed E-state index contributed by atoms with van der Waals surface area (Å²) in [5.74, 6) is 0.806. The van der Waals surface area contributed by atoms with Crippen molar-refractivity contribution in [3.8, 4) is 5.88 Å². The Hall–Kier alpha value is -1.32. The molecule has 1 aromatic rings. The second kappa shape index (κ2) is 4.04. The molecule has 2 N–H and O–H groups in total. The van der Waals surface area contributed by atoms with Gasteiger partial charge in [0.25, 0.3) is 0 Å². The fourth-order valence-electron chi connectivity index (χ4n) is 1.13. The molecule has 1 rings (SSSR count). The van der Waals surface area contributed by atoms with E-state index in [0.717, 1.165) is 5.69 Å². The Morgan fingerprint density at radius 1 is 1.27 bits per heavy atom. The van der Waals surface area contributed by atoms with Crippen molar-refractivity contribution in [3.05, 3.63) is 11.8 Å². The van der Waals surface area contributed by atoms with Gasteiger partial charge in [0.2, 0.25) is 11.8 Å². The highest BCUT2D eigenvalue weighted by atomic mass is 16.5. The van der Waals surface area contributed by atoms with E-state index in [9.17, 15) is 0 Å². The molecule has 4 heteroatoms. The third kappa shape index (κ3) is 3.38. The number of hydrogen-bond donors (Lipinski definition) is 1. The van der Waals surface area contributed by atoms with Gasteiger partial charge in [0, 0.05) is 11.5 Å². The Morgan fingerprint density at radius 2 is 1.87 bits per heavy atom. The van der Waals surface area contributed by atoms with Crippen molar-refractivity contribution in [2.24, 2.45) is 0 Å². The summed E-state index contributed by atoms with van der Waals surface area (Å²) in [7, 11) is 0. The minimum absolute atomic E-state index is 0.0495. The summed E-state index contributed by atoms with van der Waals surface area (Å²) in [5, 5.41) is 0. The molecule has 0 atom stereocenters. The molecule has 1 heterocycles. The summed E-state index contributed by atoms with van der Waals surface area (Å²) < 4.78 is 5.50. The van der Waals surface area contributed by atoms with Crippen LogP contribution in [-0.4, -0.2) is 16.1 Å². The van der Waals surface area contributed by atoms with Crippen LogP contribution >= 0.6 is 0 Å². The predicted octanol–water partition coefficient (Wildman–Crippen LogP) is 2.14. The van der Waals surface area contributed by atoms with E-state index in [2.05, 4.69) is 30.7 Å². The first kappa shape index (κ1) is 11.8. The van der Waals surface area contributed by atoms with Gasteiger partial charge in [-0.25, -0.2) is 4.98 Å². The number of anilines is 1. The highest BCUT2D eigenvalue weighted by Crippen LogP contribution is 2.23. The van der Waals surface area contributed by atoms with Gasteiger partial charge >= 0.3 is 0 Å². The SMILES string of the molecule is CC(C)Oc1cc(C(C)(C)C)nc(N)n1. The Morgan fingerprint density at radius 3 is 2.33 bits per heavy atom. The van der Waals surface area contributed by atoms with Crippen LogP contribution in [0.1, 0.15) is 40.3 Å². The molecule has 0 aliphatic heterocycles. The van der Waals surface area contributed by atoms with E-state index in [1.165, 1.54) is 0 Å². The average Bonchev–Trinajstić information content (AvgIpc) is 1.99. The lowest BCUT2D eigenvalue weighted by Crippen LogP contribution is -2.17. The molecule has 0 saturated heterocycles. The molecule has 0 aliphatic carbocycles. The summed E-state index contributed by atoms with van der Waals surface area (Å²) in [6.45, 7) is 10.1. The molecular formula is C11H19N3O. The molecule has 84 valence electrons. The van der Waals surface area contributed by atoms with E-state index in [-0.39, 0.29) is 17.5 Å². The smallest absolute Gasteiger partial charge is 0.223 e. The molecule has 0 amide bonds. The molecule has 0 aliphatic rings. The number of nitrogen functional groups attached to an aromatic ring is 1. The summed E-state index contributed by atoms with van der Waals surface area (Å²) >= 11 is 0. The molecule has 0 radical (unpaired) electrons. The molecule has 0 bridgehead atoms. The molecule has 15 heavy (non-hydrogen) atoms. The van der Waals surface area contributed by atoms with Gasteiger partial charge in [-0.15, -0.1) is 0 Å². The molecule has 0 fully saturated rings. The van der Waals surface area contributed by atoms with E-state index in [0.29, 0.717) is 5.88 Å². The van der Waals surface area contributed by atoms with Gasteiger partial charge in [0.15, 0.2) is 0 Å². The molecule has 4 nitrogen and oxygen atoms in total. The van der Waals surface area contributed by atoms with Crippen LogP contribution in [0.15, 0.2) is 6.07 Å². The Kier molecular flexibility index (Phi) is 3.17. The maximum absolute atomic E-state index is 5.63. The first-order chi connectivity index (χ1) is 6.79. The van der Waals surface area contributed by atoms with Crippen molar-refractivity contribution in [1.29, 1.82) is 0 Å². The van der Waals surface area contributed by atoms with Crippen LogP contribution in [0, 0.1) is 0 Å². The quantitative estimate of drug-likeness (QED) is 0.810. The Balaban J connectivity index is 3.06. The highest BCUT2D eigenvalue weighted by molar-refractivity contribution is 5.29. The Labute approximate surface area is 90.9 Å². The molecular weight excluding hydrogens is 190 g/mol. The van der Waals surface area contributed by atoms with Gasteiger partial charge in [0.05, 0.1) is 11.8 Å². The molecule has 1 aromatic heterocycles. The summed E-state index contributed by atoms with van der Waals surface area (Å²) in [6.07, 6.45) is 0.0899. The second-order valence-corrected chi connectivity index (χ2v) is 4.87. The van der Waals surface area contributed by atoms with E-state index in [4.69, 9.17) is 10.5 Å². The summed E-state index contributed by atoms with van der Waals surface area (Å²) in [5.41, 5.74) is 6.47. The van der Waals surface area contributed by atoms with Gasteiger partial charge < -0.3 is 10.5 Å². The first-order valence-electron chi connectivity index (χ1n) is 5.10. The topological polar surface area (TPSA) is 61.0 Å². The van der Waals surface area contributed by atoms with Crippen molar-refractivity contribution in [2.45, 2.75) is 46.1 Å².